The molecule has 3 N–H and O–H groups in total. The van der Waals surface area contributed by atoms with Crippen molar-refractivity contribution in [2.24, 2.45) is 0 Å². The molecule has 0 atom stereocenters. The van der Waals surface area contributed by atoms with Gasteiger partial charge < -0.3 is 20.4 Å². The number of halogens is 1. The van der Waals surface area contributed by atoms with Gasteiger partial charge in [-0.25, -0.2) is 0 Å². The summed E-state index contributed by atoms with van der Waals surface area (Å²) in [5.41, 5.74) is 3.17. The normalized spacial score (nSPS) is 10.4. The average Bonchev–Trinajstić information content (AvgIpc) is 3.31. The number of aromatic nitrogens is 2. The van der Waals surface area contributed by atoms with Crippen LogP contribution in [0, 0.1) is 0 Å². The molecule has 2 heterocycles. The van der Waals surface area contributed by atoms with Crippen molar-refractivity contribution in [3.05, 3.63) is 95.5 Å². The fourth-order valence-corrected chi connectivity index (χ4v) is 3.13. The van der Waals surface area contributed by atoms with E-state index in [-0.39, 0.29) is 17.5 Å². The lowest BCUT2D eigenvalue weighted by Gasteiger charge is -2.08. The Morgan fingerprint density at radius 1 is 0.906 bits per heavy atom. The van der Waals surface area contributed by atoms with Gasteiger partial charge in [0.2, 0.25) is 0 Å². The highest BCUT2D eigenvalue weighted by molar-refractivity contribution is 6.30. The van der Waals surface area contributed by atoms with E-state index in [1.165, 1.54) is 13.2 Å². The summed E-state index contributed by atoms with van der Waals surface area (Å²) in [5.74, 6) is 0.485. The van der Waals surface area contributed by atoms with Crippen LogP contribution in [-0.4, -0.2) is 28.8 Å². The molecule has 0 unspecified atom stereocenters. The number of benzene rings is 2. The van der Waals surface area contributed by atoms with Crippen molar-refractivity contribution in [3.63, 3.8) is 0 Å². The summed E-state index contributed by atoms with van der Waals surface area (Å²) >= 11 is 5.93. The minimum absolute atomic E-state index is 0.261. The van der Waals surface area contributed by atoms with Gasteiger partial charge in [-0.3, -0.25) is 14.6 Å². The summed E-state index contributed by atoms with van der Waals surface area (Å²) < 4.78 is 5.77. The Labute approximate surface area is 189 Å². The van der Waals surface area contributed by atoms with Gasteiger partial charge in [-0.1, -0.05) is 23.7 Å². The Balaban J connectivity index is 1.40. The number of ether oxygens (including phenoxy) is 1. The van der Waals surface area contributed by atoms with E-state index in [1.54, 1.807) is 60.8 Å². The van der Waals surface area contributed by atoms with Crippen LogP contribution in [0.3, 0.4) is 0 Å². The predicted molar refractivity (Wildman–Crippen MR) is 123 cm³/mol. The van der Waals surface area contributed by atoms with Crippen molar-refractivity contribution in [1.29, 1.82) is 0 Å². The van der Waals surface area contributed by atoms with Crippen LogP contribution in [0.5, 0.6) is 11.5 Å². The number of pyridine rings is 1. The van der Waals surface area contributed by atoms with Gasteiger partial charge >= 0.3 is 0 Å². The van der Waals surface area contributed by atoms with Crippen molar-refractivity contribution in [3.8, 4) is 22.6 Å². The number of rotatable bonds is 6. The summed E-state index contributed by atoms with van der Waals surface area (Å²) in [4.78, 5) is 31.3. The van der Waals surface area contributed by atoms with Crippen molar-refractivity contribution < 1.29 is 14.3 Å². The number of hydrogen-bond acceptors (Lipinski definition) is 4. The molecule has 160 valence electrons. The SMILES string of the molecule is CNC(=O)c1cc(Oc2ccc(NC(=O)c3cc(-c4ccc(Cl)cc4)c[nH]3)cc2)ccn1. The Kier molecular flexibility index (Phi) is 6.19. The van der Waals surface area contributed by atoms with Gasteiger partial charge in [0.15, 0.2) is 0 Å². The zero-order chi connectivity index (χ0) is 22.5. The Morgan fingerprint density at radius 2 is 1.66 bits per heavy atom. The zero-order valence-electron chi connectivity index (χ0n) is 17.1. The van der Waals surface area contributed by atoms with Crippen LogP contribution < -0.4 is 15.4 Å². The molecule has 0 aliphatic rings. The smallest absolute Gasteiger partial charge is 0.272 e. The number of carbonyl (C=O) groups is 2. The Hall–Kier alpha value is -4.10. The molecule has 2 aromatic heterocycles. The number of amides is 2. The van der Waals surface area contributed by atoms with Crippen molar-refractivity contribution in [2.75, 3.05) is 12.4 Å². The molecule has 2 amide bonds. The molecule has 0 saturated heterocycles. The molecule has 0 aliphatic heterocycles. The summed E-state index contributed by atoms with van der Waals surface area (Å²) in [6.07, 6.45) is 3.28. The van der Waals surface area contributed by atoms with Crippen LogP contribution in [0.2, 0.25) is 5.02 Å². The van der Waals surface area contributed by atoms with Gasteiger partial charge in [-0.15, -0.1) is 0 Å². The fraction of sp³-hybridized carbons (Fsp3) is 0.0417. The number of nitrogens with one attached hydrogen (secondary N) is 3. The van der Waals surface area contributed by atoms with Crippen molar-refractivity contribution in [2.45, 2.75) is 0 Å². The molecule has 0 spiro atoms. The average molecular weight is 447 g/mol. The van der Waals surface area contributed by atoms with Gasteiger partial charge in [0.05, 0.1) is 0 Å². The summed E-state index contributed by atoms with van der Waals surface area (Å²) in [6, 6.07) is 19.3. The number of nitrogens with zero attached hydrogens (tertiary/aromatic N) is 1. The third kappa shape index (κ3) is 4.96. The maximum atomic E-state index is 12.6. The van der Waals surface area contributed by atoms with Gasteiger partial charge in [-0.2, -0.15) is 0 Å². The topological polar surface area (TPSA) is 96.1 Å². The van der Waals surface area contributed by atoms with Crippen molar-refractivity contribution >= 4 is 29.1 Å². The second kappa shape index (κ2) is 9.36. The van der Waals surface area contributed by atoms with Crippen LogP contribution in [0.15, 0.2) is 79.1 Å². The van der Waals surface area contributed by atoms with Crippen LogP contribution in [0.1, 0.15) is 21.0 Å². The largest absolute Gasteiger partial charge is 0.457 e. The molecule has 0 saturated carbocycles. The van der Waals surface area contributed by atoms with E-state index in [0.29, 0.717) is 27.9 Å². The Morgan fingerprint density at radius 3 is 2.38 bits per heavy atom. The lowest BCUT2D eigenvalue weighted by Crippen LogP contribution is -2.18. The standard InChI is InChI=1S/C24H19ClN4O3/c1-26-23(30)22-13-20(10-11-27-22)32-19-8-6-18(7-9-19)29-24(31)21-12-16(14-28-21)15-2-4-17(25)5-3-15/h2-14,28H,1H3,(H,26,30)(H,29,31). The molecule has 32 heavy (non-hydrogen) atoms. The first-order valence-electron chi connectivity index (χ1n) is 9.73. The molecular weight excluding hydrogens is 428 g/mol. The minimum Gasteiger partial charge on any atom is -0.457 e. The first-order valence-corrected chi connectivity index (χ1v) is 10.1. The first kappa shape index (κ1) is 21.1. The third-order valence-corrected chi connectivity index (χ3v) is 4.90. The van der Waals surface area contributed by atoms with Crippen LogP contribution in [-0.2, 0) is 0 Å². The molecule has 0 radical (unpaired) electrons. The van der Waals surface area contributed by atoms with E-state index < -0.39 is 0 Å². The number of H-pyrrole nitrogens is 1. The van der Waals surface area contributed by atoms with Gasteiger partial charge in [0.1, 0.15) is 22.9 Å². The minimum atomic E-state index is -0.294. The predicted octanol–water partition coefficient (Wildman–Crippen LogP) is 5.13. The molecule has 2 aromatic carbocycles. The molecule has 4 aromatic rings. The lowest BCUT2D eigenvalue weighted by molar-refractivity contribution is 0.0957. The molecule has 4 rings (SSSR count). The highest BCUT2D eigenvalue weighted by Crippen LogP contribution is 2.25. The molecule has 8 heteroatoms. The van der Waals surface area contributed by atoms with Crippen LogP contribution >= 0.6 is 11.6 Å². The maximum Gasteiger partial charge on any atom is 0.272 e. The lowest BCUT2D eigenvalue weighted by atomic mass is 10.1. The molecule has 7 nitrogen and oxygen atoms in total. The van der Waals surface area contributed by atoms with Crippen molar-refractivity contribution in [1.82, 2.24) is 15.3 Å². The van der Waals surface area contributed by atoms with Gasteiger partial charge in [0.25, 0.3) is 11.8 Å². The monoisotopic (exact) mass is 446 g/mol. The number of aromatic amines is 1. The van der Waals surface area contributed by atoms with E-state index in [1.807, 2.05) is 12.1 Å². The molecular formula is C24H19ClN4O3. The second-order valence-electron chi connectivity index (χ2n) is 6.85. The van der Waals surface area contributed by atoms with Gasteiger partial charge in [-0.05, 0) is 59.7 Å². The Bertz CT molecular complexity index is 1250. The van der Waals surface area contributed by atoms with E-state index in [4.69, 9.17) is 16.3 Å². The van der Waals surface area contributed by atoms with Gasteiger partial charge in [0, 0.05) is 36.2 Å². The first-order chi connectivity index (χ1) is 15.5. The number of carbonyl (C=O) groups excluding carboxylic acids is 2. The zero-order valence-corrected chi connectivity index (χ0v) is 17.8. The van der Waals surface area contributed by atoms with Crippen LogP contribution in [0.4, 0.5) is 5.69 Å². The molecule has 0 aliphatic carbocycles. The highest BCUT2D eigenvalue weighted by atomic mass is 35.5. The van der Waals surface area contributed by atoms with E-state index >= 15 is 0 Å². The summed E-state index contributed by atoms with van der Waals surface area (Å²) in [7, 11) is 1.54. The summed E-state index contributed by atoms with van der Waals surface area (Å²) in [5, 5.41) is 6.02. The highest BCUT2D eigenvalue weighted by Gasteiger charge is 2.11. The van der Waals surface area contributed by atoms with E-state index in [9.17, 15) is 9.59 Å². The fourth-order valence-electron chi connectivity index (χ4n) is 3.00. The third-order valence-electron chi connectivity index (χ3n) is 4.64. The summed E-state index contributed by atoms with van der Waals surface area (Å²) in [6.45, 7) is 0. The maximum absolute atomic E-state index is 12.6. The number of hydrogen-bond donors (Lipinski definition) is 3. The molecule has 0 bridgehead atoms. The number of anilines is 1. The van der Waals surface area contributed by atoms with Crippen LogP contribution in [0.25, 0.3) is 11.1 Å². The van der Waals surface area contributed by atoms with E-state index in [2.05, 4.69) is 20.6 Å². The quantitative estimate of drug-likeness (QED) is 0.382. The van der Waals surface area contributed by atoms with E-state index in [0.717, 1.165) is 11.1 Å². The molecule has 0 fully saturated rings. The second-order valence-corrected chi connectivity index (χ2v) is 7.28.